The topological polar surface area (TPSA) is 111 Å². The molecule has 10 nitrogen and oxygen atoms in total. The average Bonchev–Trinajstić information content (AvgIpc) is 3.01. The second-order valence-corrected chi connectivity index (χ2v) is 11.1. The van der Waals surface area contributed by atoms with Crippen molar-refractivity contribution < 1.29 is 42.1 Å². The number of hydrogen-bond acceptors (Lipinski definition) is 9. The molecular formula is C31H40NO9P. The molecule has 0 spiro atoms. The number of para-hydroxylation sites is 1. The Labute approximate surface area is 247 Å². The van der Waals surface area contributed by atoms with Crippen LogP contribution in [0.15, 0.2) is 60.7 Å². The Morgan fingerprint density at radius 1 is 0.762 bits per heavy atom. The highest BCUT2D eigenvalue weighted by Crippen LogP contribution is 2.48. The van der Waals surface area contributed by atoms with Gasteiger partial charge < -0.3 is 32.7 Å². The van der Waals surface area contributed by atoms with E-state index in [1.54, 1.807) is 57.7 Å². The fraction of sp³-hybridized carbons (Fsp3) is 0.387. The van der Waals surface area contributed by atoms with Crippen molar-refractivity contribution in [2.45, 2.75) is 39.2 Å². The van der Waals surface area contributed by atoms with Gasteiger partial charge in [0.2, 0.25) is 5.75 Å². The molecule has 0 saturated carbocycles. The molecule has 3 atom stereocenters. The summed E-state index contributed by atoms with van der Waals surface area (Å²) in [4.78, 5) is 12.7. The van der Waals surface area contributed by atoms with Gasteiger partial charge in [0.1, 0.15) is 11.8 Å². The van der Waals surface area contributed by atoms with Crippen LogP contribution >= 0.6 is 7.75 Å². The van der Waals surface area contributed by atoms with Crippen molar-refractivity contribution in [3.8, 4) is 34.5 Å². The molecule has 0 aliphatic heterocycles. The maximum Gasteiger partial charge on any atom is 0.513 e. The van der Waals surface area contributed by atoms with Crippen molar-refractivity contribution in [1.82, 2.24) is 5.09 Å². The minimum atomic E-state index is -4.20. The SMILES string of the molecule is CC[C@@H](C)[C@H](NP(=O)(Oc1ccccc1)Oc1cc(CCc2cc(OC)c(OC)c(OC)c2)ccc1OC)C(=O)OC. The second kappa shape index (κ2) is 15.4. The molecule has 0 saturated heterocycles. The molecule has 0 fully saturated rings. The number of rotatable bonds is 16. The number of methoxy groups -OCH3 is 5. The first-order valence-electron chi connectivity index (χ1n) is 13.6. The molecule has 0 aliphatic rings. The zero-order valence-corrected chi connectivity index (χ0v) is 26.1. The Hall–Kier alpha value is -3.88. The van der Waals surface area contributed by atoms with E-state index in [4.69, 9.17) is 32.7 Å². The van der Waals surface area contributed by atoms with Gasteiger partial charge in [0.25, 0.3) is 0 Å². The van der Waals surface area contributed by atoms with Gasteiger partial charge in [-0.15, -0.1) is 0 Å². The highest BCUT2D eigenvalue weighted by molar-refractivity contribution is 7.52. The molecule has 0 amide bonds. The van der Waals surface area contributed by atoms with Crippen LogP contribution < -0.4 is 33.1 Å². The van der Waals surface area contributed by atoms with Gasteiger partial charge in [-0.1, -0.05) is 44.5 Å². The fourth-order valence-electron chi connectivity index (χ4n) is 4.28. The Kier molecular flexibility index (Phi) is 11.9. The van der Waals surface area contributed by atoms with E-state index in [1.165, 1.54) is 14.2 Å². The summed E-state index contributed by atoms with van der Waals surface area (Å²) in [5.74, 6) is 1.71. The van der Waals surface area contributed by atoms with E-state index in [-0.39, 0.29) is 11.7 Å². The third-order valence-electron chi connectivity index (χ3n) is 6.81. The summed E-state index contributed by atoms with van der Waals surface area (Å²) in [7, 11) is 3.28. The lowest BCUT2D eigenvalue weighted by atomic mass is 10.0. The molecule has 228 valence electrons. The van der Waals surface area contributed by atoms with Crippen LogP contribution in [0.3, 0.4) is 0 Å². The number of hydrogen-bond donors (Lipinski definition) is 1. The molecular weight excluding hydrogens is 561 g/mol. The van der Waals surface area contributed by atoms with Crippen LogP contribution in [-0.4, -0.2) is 47.6 Å². The van der Waals surface area contributed by atoms with Crippen molar-refractivity contribution in [2.24, 2.45) is 5.92 Å². The molecule has 0 aromatic heterocycles. The molecule has 0 bridgehead atoms. The summed E-state index contributed by atoms with van der Waals surface area (Å²) in [6.45, 7) is 3.78. The van der Waals surface area contributed by atoms with Gasteiger partial charge in [-0.25, -0.2) is 4.57 Å². The fourth-order valence-corrected chi connectivity index (χ4v) is 5.93. The summed E-state index contributed by atoms with van der Waals surface area (Å²) in [5, 5.41) is 2.83. The third kappa shape index (κ3) is 8.33. The standard InChI is InChI=1S/C31H40NO9P/c1-8-21(2)29(31(33)39-7)32-42(34,40-24-12-10-9-11-13-24)41-26-18-22(16-17-25(26)35-3)14-15-23-19-27(36-4)30(38-6)28(20-23)37-5/h9-13,16-21,29H,8,14-15H2,1-7H3,(H,32,34)/t21-,29+,42?/m1/s1. The van der Waals surface area contributed by atoms with Crippen molar-refractivity contribution in [1.29, 1.82) is 0 Å². The van der Waals surface area contributed by atoms with Gasteiger partial charge in [0, 0.05) is 0 Å². The molecule has 3 aromatic carbocycles. The van der Waals surface area contributed by atoms with Crippen LogP contribution in [0.25, 0.3) is 0 Å². The molecule has 0 heterocycles. The van der Waals surface area contributed by atoms with E-state index < -0.39 is 19.8 Å². The number of esters is 1. The molecule has 11 heteroatoms. The van der Waals surface area contributed by atoms with Gasteiger partial charge in [-0.05, 0) is 66.3 Å². The van der Waals surface area contributed by atoms with E-state index in [0.29, 0.717) is 48.0 Å². The highest BCUT2D eigenvalue weighted by Gasteiger charge is 2.38. The molecule has 0 aliphatic carbocycles. The van der Waals surface area contributed by atoms with Crippen molar-refractivity contribution in [3.05, 3.63) is 71.8 Å². The van der Waals surface area contributed by atoms with E-state index >= 15 is 0 Å². The predicted molar refractivity (Wildman–Crippen MR) is 160 cm³/mol. The van der Waals surface area contributed by atoms with Crippen LogP contribution in [-0.2, 0) is 26.9 Å². The van der Waals surface area contributed by atoms with Crippen molar-refractivity contribution in [3.63, 3.8) is 0 Å². The first-order chi connectivity index (χ1) is 20.2. The lowest BCUT2D eigenvalue weighted by molar-refractivity contribution is -0.144. The van der Waals surface area contributed by atoms with Crippen molar-refractivity contribution in [2.75, 3.05) is 35.5 Å². The van der Waals surface area contributed by atoms with Crippen LogP contribution in [0.1, 0.15) is 31.4 Å². The summed E-state index contributed by atoms with van der Waals surface area (Å²) in [6, 6.07) is 16.8. The Morgan fingerprint density at radius 3 is 1.90 bits per heavy atom. The normalized spacial score (nSPS) is 13.7. The van der Waals surface area contributed by atoms with E-state index in [1.807, 2.05) is 38.1 Å². The van der Waals surface area contributed by atoms with Gasteiger partial charge in [-0.3, -0.25) is 4.79 Å². The maximum absolute atomic E-state index is 14.3. The largest absolute Gasteiger partial charge is 0.513 e. The van der Waals surface area contributed by atoms with Crippen LogP contribution in [0, 0.1) is 5.92 Å². The molecule has 42 heavy (non-hydrogen) atoms. The zero-order valence-electron chi connectivity index (χ0n) is 25.2. The smallest absolute Gasteiger partial charge is 0.493 e. The Balaban J connectivity index is 1.94. The van der Waals surface area contributed by atoms with Gasteiger partial charge in [0.15, 0.2) is 23.0 Å². The first-order valence-corrected chi connectivity index (χ1v) is 15.1. The number of ether oxygens (including phenoxy) is 5. The molecule has 0 radical (unpaired) electrons. The zero-order chi connectivity index (χ0) is 30.7. The number of aryl methyl sites for hydroxylation is 2. The van der Waals surface area contributed by atoms with Gasteiger partial charge in [-0.2, -0.15) is 5.09 Å². The summed E-state index contributed by atoms with van der Waals surface area (Å²) in [6.07, 6.45) is 1.86. The monoisotopic (exact) mass is 601 g/mol. The Bertz CT molecular complexity index is 1340. The number of carbonyl (C=O) groups is 1. The molecule has 1 N–H and O–H groups in total. The maximum atomic E-state index is 14.3. The quantitative estimate of drug-likeness (QED) is 0.149. The minimum Gasteiger partial charge on any atom is -0.493 e. The van der Waals surface area contributed by atoms with Crippen molar-refractivity contribution >= 4 is 13.7 Å². The van der Waals surface area contributed by atoms with Gasteiger partial charge in [0.05, 0.1) is 35.5 Å². The summed E-state index contributed by atoms with van der Waals surface area (Å²) < 4.78 is 53.2. The minimum absolute atomic E-state index is 0.194. The van der Waals surface area contributed by atoms with Gasteiger partial charge >= 0.3 is 13.7 Å². The average molecular weight is 602 g/mol. The van der Waals surface area contributed by atoms with E-state index in [0.717, 1.165) is 11.1 Å². The van der Waals surface area contributed by atoms with Crippen LogP contribution in [0.4, 0.5) is 0 Å². The number of carbonyl (C=O) groups excluding carboxylic acids is 1. The molecule has 3 rings (SSSR count). The lowest BCUT2D eigenvalue weighted by Gasteiger charge is -2.27. The number of benzene rings is 3. The molecule has 1 unspecified atom stereocenters. The third-order valence-corrected chi connectivity index (χ3v) is 8.29. The second-order valence-electron chi connectivity index (χ2n) is 9.53. The summed E-state index contributed by atoms with van der Waals surface area (Å²) >= 11 is 0. The molecule has 3 aromatic rings. The number of nitrogens with one attached hydrogen (secondary N) is 1. The van der Waals surface area contributed by atoms with E-state index in [2.05, 4.69) is 5.09 Å². The Morgan fingerprint density at radius 2 is 1.36 bits per heavy atom. The van der Waals surface area contributed by atoms with Crippen LogP contribution in [0.2, 0.25) is 0 Å². The summed E-state index contributed by atoms with van der Waals surface area (Å²) in [5.41, 5.74) is 1.86. The highest BCUT2D eigenvalue weighted by atomic mass is 31.2. The predicted octanol–water partition coefficient (Wildman–Crippen LogP) is 6.25. The first kappa shape index (κ1) is 32.6. The van der Waals surface area contributed by atoms with E-state index in [9.17, 15) is 9.36 Å². The van der Waals surface area contributed by atoms with Crippen LogP contribution in [0.5, 0.6) is 34.5 Å². The lowest BCUT2D eigenvalue weighted by Crippen LogP contribution is -2.42.